The Labute approximate surface area is 257 Å². The van der Waals surface area contributed by atoms with Crippen molar-refractivity contribution in [2.45, 2.75) is 32.0 Å². The molecule has 5 rings (SSSR count). The molecule has 4 aromatic rings. The Bertz CT molecular complexity index is 1720. The van der Waals surface area contributed by atoms with Gasteiger partial charge in [0.25, 0.3) is 5.91 Å². The van der Waals surface area contributed by atoms with Crippen LogP contribution in [-0.4, -0.2) is 58.0 Å². The molecule has 1 saturated heterocycles. The predicted octanol–water partition coefficient (Wildman–Crippen LogP) is 4.90. The van der Waals surface area contributed by atoms with Gasteiger partial charge >= 0.3 is 0 Å². The molecule has 44 heavy (non-hydrogen) atoms. The molecule has 2 heterocycles. The van der Waals surface area contributed by atoms with Crippen molar-refractivity contribution in [1.29, 1.82) is 0 Å². The predicted molar refractivity (Wildman–Crippen MR) is 161 cm³/mol. The Morgan fingerprint density at radius 1 is 1.05 bits per heavy atom. The lowest BCUT2D eigenvalue weighted by atomic mass is 10.0. The van der Waals surface area contributed by atoms with Crippen LogP contribution in [0.4, 0.5) is 14.5 Å². The summed E-state index contributed by atoms with van der Waals surface area (Å²) in [6.07, 6.45) is 1.32. The first-order chi connectivity index (χ1) is 21.1. The molecule has 3 aromatic carbocycles. The highest BCUT2D eigenvalue weighted by atomic mass is 35.5. The number of amides is 3. The number of hydrogen-bond acceptors (Lipinski definition) is 6. The fourth-order valence-electron chi connectivity index (χ4n) is 5.03. The molecule has 0 saturated carbocycles. The van der Waals surface area contributed by atoms with E-state index in [0.717, 1.165) is 4.90 Å². The number of nitrogens with zero attached hydrogens (tertiary/aromatic N) is 3. The normalized spacial score (nSPS) is 16.0. The van der Waals surface area contributed by atoms with Gasteiger partial charge in [-0.15, -0.1) is 0 Å². The third-order valence-electron chi connectivity index (χ3n) is 7.11. The van der Waals surface area contributed by atoms with Gasteiger partial charge in [-0.25, -0.2) is 18.7 Å². The van der Waals surface area contributed by atoms with Gasteiger partial charge in [-0.3, -0.25) is 14.4 Å². The number of hydrogen-bond donors (Lipinski definition) is 2. The van der Waals surface area contributed by atoms with Crippen molar-refractivity contribution >= 4 is 35.0 Å². The van der Waals surface area contributed by atoms with E-state index in [9.17, 15) is 18.8 Å². The standard InChI is InChI=1S/C32H28ClF2N5O4/c1-18-37-14-21(15-38-18)20-9-19(10-23(12-20)44-17-29(36)41)11-30(42)40-16-22(34)13-28(40)32(43)39-27-8-4-6-25(31(27)35)24-5-2-3-7-26(24)33/h2-10,12,14-15,22,28H,11,13,16-17H2,1H3,(H2,36,41)(H,39,43)/t22-,28+/m1/s1. The summed E-state index contributed by atoms with van der Waals surface area (Å²) in [7, 11) is 0. The smallest absolute Gasteiger partial charge is 0.255 e. The van der Waals surface area contributed by atoms with Gasteiger partial charge in [0.15, 0.2) is 12.4 Å². The van der Waals surface area contributed by atoms with Gasteiger partial charge in [0.1, 0.15) is 23.8 Å². The maximum absolute atomic E-state index is 15.5. The summed E-state index contributed by atoms with van der Waals surface area (Å²) in [5.74, 6) is -1.78. The average molecular weight is 620 g/mol. The van der Waals surface area contributed by atoms with Gasteiger partial charge in [-0.05, 0) is 42.3 Å². The molecule has 0 radical (unpaired) electrons. The molecule has 1 aliphatic rings. The summed E-state index contributed by atoms with van der Waals surface area (Å²) in [6, 6.07) is 15.0. The molecule has 12 heteroatoms. The molecular formula is C32H28ClF2N5O4. The highest BCUT2D eigenvalue weighted by Crippen LogP contribution is 2.33. The van der Waals surface area contributed by atoms with E-state index in [4.69, 9.17) is 22.1 Å². The molecule has 1 aliphatic heterocycles. The zero-order chi connectivity index (χ0) is 31.4. The van der Waals surface area contributed by atoms with Crippen LogP contribution in [0.15, 0.2) is 73.1 Å². The molecule has 3 N–H and O–H groups in total. The number of alkyl halides is 1. The van der Waals surface area contributed by atoms with E-state index in [1.165, 1.54) is 12.1 Å². The number of aromatic nitrogens is 2. The number of rotatable bonds is 9. The highest BCUT2D eigenvalue weighted by Gasteiger charge is 2.40. The second-order valence-electron chi connectivity index (χ2n) is 10.3. The van der Waals surface area contributed by atoms with Crippen LogP contribution in [0.5, 0.6) is 5.75 Å². The van der Waals surface area contributed by atoms with Crippen LogP contribution in [-0.2, 0) is 20.8 Å². The number of primary amides is 1. The Kier molecular flexibility index (Phi) is 9.15. The molecule has 2 atom stereocenters. The SMILES string of the molecule is Cc1ncc(-c2cc(CC(=O)N3C[C@H](F)C[C@H]3C(=O)Nc3cccc(-c4ccccc4Cl)c3F)cc(OCC(N)=O)c2)cn1. The van der Waals surface area contributed by atoms with Crippen molar-refractivity contribution in [2.24, 2.45) is 5.73 Å². The van der Waals surface area contributed by atoms with Crippen molar-refractivity contribution in [1.82, 2.24) is 14.9 Å². The third kappa shape index (κ3) is 7.00. The number of halogens is 3. The number of anilines is 1. The van der Waals surface area contributed by atoms with Crippen LogP contribution in [0.1, 0.15) is 17.8 Å². The number of carbonyl (C=O) groups is 3. The maximum Gasteiger partial charge on any atom is 0.255 e. The monoisotopic (exact) mass is 619 g/mol. The van der Waals surface area contributed by atoms with Crippen molar-refractivity contribution in [3.63, 3.8) is 0 Å². The number of benzene rings is 3. The summed E-state index contributed by atoms with van der Waals surface area (Å²) in [6.45, 7) is 1.06. The summed E-state index contributed by atoms with van der Waals surface area (Å²) < 4.78 is 35.6. The van der Waals surface area contributed by atoms with E-state index in [1.807, 2.05) is 0 Å². The Morgan fingerprint density at radius 2 is 1.77 bits per heavy atom. The minimum atomic E-state index is -1.44. The van der Waals surface area contributed by atoms with Gasteiger partial charge < -0.3 is 20.7 Å². The van der Waals surface area contributed by atoms with Gasteiger partial charge in [-0.1, -0.05) is 48.0 Å². The molecule has 1 fully saturated rings. The van der Waals surface area contributed by atoms with Crippen LogP contribution >= 0.6 is 11.6 Å². The van der Waals surface area contributed by atoms with Gasteiger partial charge in [0.2, 0.25) is 11.8 Å². The topological polar surface area (TPSA) is 128 Å². The largest absolute Gasteiger partial charge is 0.484 e. The molecule has 0 unspecified atom stereocenters. The fourth-order valence-corrected chi connectivity index (χ4v) is 5.26. The van der Waals surface area contributed by atoms with E-state index in [2.05, 4.69) is 15.3 Å². The van der Waals surface area contributed by atoms with E-state index < -0.39 is 35.8 Å². The molecular weight excluding hydrogens is 592 g/mol. The second kappa shape index (κ2) is 13.2. The average Bonchev–Trinajstić information content (AvgIpc) is 3.40. The first-order valence-electron chi connectivity index (χ1n) is 13.7. The van der Waals surface area contributed by atoms with Gasteiger partial charge in [-0.2, -0.15) is 0 Å². The zero-order valence-electron chi connectivity index (χ0n) is 23.6. The Balaban J connectivity index is 1.36. The number of aryl methyl sites for hydroxylation is 1. The minimum absolute atomic E-state index is 0.119. The lowest BCUT2D eigenvalue weighted by Crippen LogP contribution is -2.44. The first kappa shape index (κ1) is 30.6. The van der Waals surface area contributed by atoms with E-state index >= 15 is 4.39 Å². The van der Waals surface area contributed by atoms with Crippen LogP contribution in [0.25, 0.3) is 22.3 Å². The first-order valence-corrected chi connectivity index (χ1v) is 14.1. The van der Waals surface area contributed by atoms with Crippen molar-refractivity contribution < 1.29 is 27.9 Å². The van der Waals surface area contributed by atoms with Crippen molar-refractivity contribution in [3.05, 3.63) is 95.3 Å². The Morgan fingerprint density at radius 3 is 2.50 bits per heavy atom. The Hall–Kier alpha value is -4.90. The molecule has 0 aliphatic carbocycles. The lowest BCUT2D eigenvalue weighted by molar-refractivity contribution is -0.136. The third-order valence-corrected chi connectivity index (χ3v) is 7.44. The van der Waals surface area contributed by atoms with E-state index in [0.29, 0.717) is 33.1 Å². The number of nitrogens with two attached hydrogens (primary N) is 1. The van der Waals surface area contributed by atoms with Crippen LogP contribution in [0, 0.1) is 12.7 Å². The quantitative estimate of drug-likeness (QED) is 0.274. The van der Waals surface area contributed by atoms with Crippen molar-refractivity contribution in [3.8, 4) is 28.0 Å². The lowest BCUT2D eigenvalue weighted by Gasteiger charge is -2.24. The number of carbonyl (C=O) groups excluding carboxylic acids is 3. The number of likely N-dealkylation sites (tertiary alicyclic amines) is 1. The molecule has 0 spiro atoms. The molecule has 1 aromatic heterocycles. The van der Waals surface area contributed by atoms with Gasteiger partial charge in [0, 0.05) is 40.5 Å². The van der Waals surface area contributed by atoms with Crippen LogP contribution < -0.4 is 15.8 Å². The van der Waals surface area contributed by atoms with Crippen molar-refractivity contribution in [2.75, 3.05) is 18.5 Å². The van der Waals surface area contributed by atoms with Gasteiger partial charge in [0.05, 0.1) is 18.7 Å². The second-order valence-corrected chi connectivity index (χ2v) is 10.8. The van der Waals surface area contributed by atoms with E-state index in [1.54, 1.807) is 67.8 Å². The summed E-state index contributed by atoms with van der Waals surface area (Å²) >= 11 is 6.25. The number of nitrogens with one attached hydrogen (secondary N) is 1. The zero-order valence-corrected chi connectivity index (χ0v) is 24.4. The van der Waals surface area contributed by atoms with Crippen LogP contribution in [0.2, 0.25) is 5.02 Å². The van der Waals surface area contributed by atoms with E-state index in [-0.39, 0.29) is 43.0 Å². The van der Waals surface area contributed by atoms with Crippen LogP contribution in [0.3, 0.4) is 0 Å². The molecule has 3 amide bonds. The highest BCUT2D eigenvalue weighted by molar-refractivity contribution is 6.33. The fraction of sp³-hybridized carbons (Fsp3) is 0.219. The molecule has 226 valence electrons. The summed E-state index contributed by atoms with van der Waals surface area (Å²) in [5.41, 5.74) is 7.47. The minimum Gasteiger partial charge on any atom is -0.484 e. The summed E-state index contributed by atoms with van der Waals surface area (Å²) in [5, 5.41) is 2.87. The molecule has 9 nitrogen and oxygen atoms in total. The summed E-state index contributed by atoms with van der Waals surface area (Å²) in [4.78, 5) is 47.7. The number of ether oxygens (including phenoxy) is 1. The maximum atomic E-state index is 15.5. The molecule has 0 bridgehead atoms.